The molecule has 45 heavy (non-hydrogen) atoms. The first-order valence-electron chi connectivity index (χ1n) is 16.8. The Morgan fingerprint density at radius 3 is 2.49 bits per heavy atom. The third-order valence-electron chi connectivity index (χ3n) is 10.2. The monoisotopic (exact) mass is 624 g/mol. The molecule has 8 atom stereocenters. The van der Waals surface area contributed by atoms with Crippen molar-refractivity contribution in [1.29, 1.82) is 0 Å². The number of fused-ring (bicyclic) bond motifs is 3. The number of phenols is 1. The van der Waals surface area contributed by atoms with Crippen molar-refractivity contribution in [3.63, 3.8) is 0 Å². The van der Waals surface area contributed by atoms with Gasteiger partial charge in [0.2, 0.25) is 11.8 Å². The van der Waals surface area contributed by atoms with Gasteiger partial charge in [0, 0.05) is 13.6 Å². The Morgan fingerprint density at radius 1 is 1.09 bits per heavy atom. The highest BCUT2D eigenvalue weighted by Gasteiger charge is 2.37. The molecule has 8 nitrogen and oxygen atoms in total. The minimum absolute atomic E-state index is 0.0766. The zero-order chi connectivity index (χ0) is 32.7. The van der Waals surface area contributed by atoms with Gasteiger partial charge in [0.15, 0.2) is 0 Å². The summed E-state index contributed by atoms with van der Waals surface area (Å²) >= 11 is 0. The standard InChI is InChI=1S/C36H53FN4O4/c1-6-23(3)33-36(45)41(5)24(4)34(43)40-31(20-25-12-15-28(42)16-13-25)35(44)38-18-8-10-26-9-7-11-30(37)32(26)29-17-14-27(29)19-22(2)21-39-33/h7,9,11-13,15-16,22-24,27,29,31,33-34,39-40,42-43H,6,8,10,14,17-21H2,1-5H3,(H,38,44)/t22-,23?,24+,27?,29?,31+,33-,34?/m0/s1. The van der Waals surface area contributed by atoms with E-state index in [1.807, 2.05) is 6.07 Å². The maximum atomic E-state index is 15.3. The molecule has 9 heteroatoms. The number of aliphatic hydroxyl groups excluding tert-OH is 1. The van der Waals surface area contributed by atoms with Crippen LogP contribution in [0.3, 0.4) is 0 Å². The van der Waals surface area contributed by atoms with Crippen LogP contribution in [0.25, 0.3) is 0 Å². The molecule has 0 aromatic heterocycles. The minimum atomic E-state index is -1.17. The molecule has 4 unspecified atom stereocenters. The van der Waals surface area contributed by atoms with E-state index in [9.17, 15) is 19.8 Å². The van der Waals surface area contributed by atoms with Gasteiger partial charge in [0.25, 0.3) is 0 Å². The number of carbonyl (C=O) groups is 2. The number of aliphatic hydroxyl groups is 1. The summed E-state index contributed by atoms with van der Waals surface area (Å²) in [6.45, 7) is 9.18. The Morgan fingerprint density at radius 2 is 1.82 bits per heavy atom. The molecule has 0 radical (unpaired) electrons. The molecule has 2 aromatic carbocycles. The first-order chi connectivity index (χ1) is 21.5. The fourth-order valence-corrected chi connectivity index (χ4v) is 6.83. The second kappa shape index (κ2) is 16.0. The highest BCUT2D eigenvalue weighted by Crippen LogP contribution is 2.47. The molecule has 4 rings (SSSR count). The van der Waals surface area contributed by atoms with Crippen LogP contribution in [0.5, 0.6) is 5.75 Å². The molecule has 248 valence electrons. The number of aromatic hydroxyl groups is 1. The van der Waals surface area contributed by atoms with E-state index >= 15 is 4.39 Å². The molecule has 1 aliphatic carbocycles. The first kappa shape index (κ1) is 34.9. The van der Waals surface area contributed by atoms with E-state index in [-0.39, 0.29) is 41.6 Å². The fourth-order valence-electron chi connectivity index (χ4n) is 6.83. The number of aryl methyl sites for hydroxylation is 1. The van der Waals surface area contributed by atoms with Crippen LogP contribution in [-0.4, -0.2) is 71.4 Å². The van der Waals surface area contributed by atoms with Gasteiger partial charge in [-0.3, -0.25) is 14.9 Å². The summed E-state index contributed by atoms with van der Waals surface area (Å²) in [6.07, 6.45) is 4.24. The Bertz CT molecular complexity index is 1270. The average Bonchev–Trinajstić information content (AvgIpc) is 3.01. The van der Waals surface area contributed by atoms with Gasteiger partial charge in [-0.05, 0) is 111 Å². The SMILES string of the molecule is CCC(C)[C@@H]1NC[C@@H](C)CC2CCC2c2c(F)cccc2CCCNC(=O)[C@@H](Cc2ccc(O)cc2)NC(O)[C@@H](C)N(C)C1=O. The van der Waals surface area contributed by atoms with E-state index in [0.29, 0.717) is 37.8 Å². The van der Waals surface area contributed by atoms with Crippen molar-refractivity contribution in [3.05, 3.63) is 65.0 Å². The number of phenolic OH excluding ortho intramolecular Hbond substituents is 1. The van der Waals surface area contributed by atoms with Gasteiger partial charge < -0.3 is 25.7 Å². The normalized spacial score (nSPS) is 29.9. The van der Waals surface area contributed by atoms with E-state index in [1.54, 1.807) is 55.3 Å². The molecule has 2 aromatic rings. The van der Waals surface area contributed by atoms with Crippen LogP contribution in [-0.2, 0) is 22.4 Å². The van der Waals surface area contributed by atoms with Gasteiger partial charge in [0.1, 0.15) is 17.8 Å². The van der Waals surface area contributed by atoms with Crippen LogP contribution in [0.2, 0.25) is 0 Å². The number of carbonyl (C=O) groups excluding carboxylic acids is 2. The Balaban J connectivity index is 1.61. The summed E-state index contributed by atoms with van der Waals surface area (Å²) in [5.74, 6) is 0.571. The molecule has 1 fully saturated rings. The molecule has 1 heterocycles. The predicted molar refractivity (Wildman–Crippen MR) is 175 cm³/mol. The lowest BCUT2D eigenvalue weighted by Gasteiger charge is -2.40. The number of benzene rings is 2. The number of amides is 2. The average molecular weight is 625 g/mol. The Labute approximate surface area is 268 Å². The van der Waals surface area contributed by atoms with Gasteiger partial charge in [-0.25, -0.2) is 4.39 Å². The molecule has 0 spiro atoms. The summed E-state index contributed by atoms with van der Waals surface area (Å²) in [6, 6.07) is 10.2. The molecule has 1 aliphatic heterocycles. The zero-order valence-corrected chi connectivity index (χ0v) is 27.6. The first-order valence-corrected chi connectivity index (χ1v) is 16.8. The van der Waals surface area contributed by atoms with Crippen molar-refractivity contribution in [3.8, 4) is 5.75 Å². The second-order valence-electron chi connectivity index (χ2n) is 13.5. The molecule has 0 bridgehead atoms. The Kier molecular flexibility index (Phi) is 12.4. The van der Waals surface area contributed by atoms with Crippen molar-refractivity contribution in [2.75, 3.05) is 20.1 Å². The lowest BCUT2D eigenvalue weighted by Crippen LogP contribution is -2.59. The quantitative estimate of drug-likeness (QED) is 0.343. The third-order valence-corrected chi connectivity index (χ3v) is 10.2. The molecule has 2 amide bonds. The fraction of sp³-hybridized carbons (Fsp3) is 0.611. The van der Waals surface area contributed by atoms with E-state index < -0.39 is 24.4 Å². The summed E-state index contributed by atoms with van der Waals surface area (Å²) < 4.78 is 15.3. The van der Waals surface area contributed by atoms with Crippen LogP contribution >= 0.6 is 0 Å². The number of halogens is 1. The molecular formula is C36H53FN4O4. The molecule has 5 N–H and O–H groups in total. The van der Waals surface area contributed by atoms with Gasteiger partial charge in [-0.2, -0.15) is 0 Å². The van der Waals surface area contributed by atoms with Gasteiger partial charge >= 0.3 is 0 Å². The van der Waals surface area contributed by atoms with Crippen LogP contribution in [0.15, 0.2) is 42.5 Å². The topological polar surface area (TPSA) is 114 Å². The van der Waals surface area contributed by atoms with Crippen LogP contribution < -0.4 is 16.0 Å². The van der Waals surface area contributed by atoms with E-state index in [4.69, 9.17) is 0 Å². The Hall–Kier alpha value is -3.01. The van der Waals surface area contributed by atoms with Crippen LogP contribution in [0.4, 0.5) is 4.39 Å². The summed E-state index contributed by atoms with van der Waals surface area (Å²) in [7, 11) is 1.70. The number of hydrogen-bond donors (Lipinski definition) is 5. The summed E-state index contributed by atoms with van der Waals surface area (Å²) in [4.78, 5) is 28.9. The smallest absolute Gasteiger partial charge is 0.240 e. The maximum absolute atomic E-state index is 15.3. The molecule has 0 saturated heterocycles. The minimum Gasteiger partial charge on any atom is -0.508 e. The van der Waals surface area contributed by atoms with Crippen molar-refractivity contribution in [2.45, 2.75) is 103 Å². The lowest BCUT2D eigenvalue weighted by atomic mass is 9.65. The number of hydrogen-bond acceptors (Lipinski definition) is 6. The van der Waals surface area contributed by atoms with Crippen molar-refractivity contribution >= 4 is 11.8 Å². The van der Waals surface area contributed by atoms with Crippen LogP contribution in [0.1, 0.15) is 82.4 Å². The van der Waals surface area contributed by atoms with E-state index in [1.165, 1.54) is 0 Å². The number of nitrogens with zero attached hydrogens (tertiary/aromatic N) is 1. The number of nitrogens with one attached hydrogen (secondary N) is 3. The largest absolute Gasteiger partial charge is 0.508 e. The predicted octanol–water partition coefficient (Wildman–Crippen LogP) is 4.48. The molecule has 2 aliphatic rings. The van der Waals surface area contributed by atoms with Gasteiger partial charge in [0.05, 0.1) is 18.1 Å². The summed E-state index contributed by atoms with van der Waals surface area (Å²) in [5, 5.41) is 30.6. The van der Waals surface area contributed by atoms with Gasteiger partial charge in [-0.1, -0.05) is 51.5 Å². The number of rotatable bonds is 4. The van der Waals surface area contributed by atoms with E-state index in [2.05, 4.69) is 36.7 Å². The van der Waals surface area contributed by atoms with E-state index in [0.717, 1.165) is 42.4 Å². The lowest BCUT2D eigenvalue weighted by molar-refractivity contribution is -0.138. The highest BCUT2D eigenvalue weighted by atomic mass is 19.1. The van der Waals surface area contributed by atoms with Crippen molar-refractivity contribution < 1.29 is 24.2 Å². The second-order valence-corrected chi connectivity index (χ2v) is 13.5. The highest BCUT2D eigenvalue weighted by molar-refractivity contribution is 5.83. The van der Waals surface area contributed by atoms with Crippen molar-refractivity contribution in [1.82, 2.24) is 20.9 Å². The van der Waals surface area contributed by atoms with Crippen LogP contribution in [0, 0.1) is 23.6 Å². The van der Waals surface area contributed by atoms with Crippen molar-refractivity contribution in [2.24, 2.45) is 17.8 Å². The molecule has 1 saturated carbocycles. The molecular weight excluding hydrogens is 571 g/mol. The number of likely N-dealkylation sites (N-methyl/N-ethyl adjacent to an activating group) is 1. The van der Waals surface area contributed by atoms with Gasteiger partial charge in [-0.15, -0.1) is 0 Å². The summed E-state index contributed by atoms with van der Waals surface area (Å²) in [5.41, 5.74) is 2.65. The maximum Gasteiger partial charge on any atom is 0.240 e. The zero-order valence-electron chi connectivity index (χ0n) is 27.6. The third kappa shape index (κ3) is 8.83.